The average Bonchev–Trinajstić information content (AvgIpc) is 3.19. The van der Waals surface area contributed by atoms with E-state index in [-0.39, 0.29) is 29.3 Å². The van der Waals surface area contributed by atoms with E-state index < -0.39 is 5.82 Å². The molecule has 1 aliphatic rings. The topological polar surface area (TPSA) is 33.5 Å². The minimum absolute atomic E-state index is 0.0466. The fourth-order valence-electron chi connectivity index (χ4n) is 2.21. The zero-order valence-corrected chi connectivity index (χ0v) is 12.5. The van der Waals surface area contributed by atoms with Gasteiger partial charge < -0.3 is 9.32 Å². The van der Waals surface area contributed by atoms with Crippen LogP contribution in [0.4, 0.5) is 4.39 Å². The van der Waals surface area contributed by atoms with E-state index in [1.165, 1.54) is 24.5 Å². The molecule has 3 nitrogen and oxygen atoms in total. The van der Waals surface area contributed by atoms with Crippen LogP contribution in [0.5, 0.6) is 0 Å². The molecule has 0 N–H and O–H groups in total. The smallest absolute Gasteiger partial charge is 0.259 e. The summed E-state index contributed by atoms with van der Waals surface area (Å²) in [5.74, 6) is -0.685. The van der Waals surface area contributed by atoms with E-state index in [4.69, 9.17) is 27.6 Å². The normalized spacial score (nSPS) is 14.2. The molecule has 0 unspecified atom stereocenters. The molecule has 1 aliphatic carbocycles. The lowest BCUT2D eigenvalue weighted by molar-refractivity contribution is 0.0728. The highest BCUT2D eigenvalue weighted by Gasteiger charge is 2.35. The number of furan rings is 1. The fraction of sp³-hybridized carbons (Fsp3) is 0.267. The van der Waals surface area contributed by atoms with E-state index in [0.29, 0.717) is 10.6 Å². The van der Waals surface area contributed by atoms with Crippen molar-refractivity contribution in [1.82, 2.24) is 4.90 Å². The number of halogens is 3. The summed E-state index contributed by atoms with van der Waals surface area (Å²) in [6.45, 7) is 0.122. The van der Waals surface area contributed by atoms with Crippen molar-refractivity contribution in [2.75, 3.05) is 0 Å². The molecule has 0 aliphatic heterocycles. The molecule has 2 aromatic rings. The Hall–Kier alpha value is -1.52. The zero-order valence-electron chi connectivity index (χ0n) is 11.0. The van der Waals surface area contributed by atoms with Crippen LogP contribution in [0, 0.1) is 5.82 Å². The lowest BCUT2D eigenvalue weighted by atomic mass is 10.1. The average molecular weight is 328 g/mol. The quantitative estimate of drug-likeness (QED) is 0.826. The molecule has 0 saturated heterocycles. The van der Waals surface area contributed by atoms with Gasteiger partial charge in [0, 0.05) is 16.6 Å². The van der Waals surface area contributed by atoms with E-state index in [0.717, 1.165) is 12.8 Å². The van der Waals surface area contributed by atoms with Crippen molar-refractivity contribution < 1.29 is 13.6 Å². The summed E-state index contributed by atoms with van der Waals surface area (Å²) in [4.78, 5) is 14.1. The number of amides is 1. The highest BCUT2D eigenvalue weighted by Crippen LogP contribution is 2.33. The van der Waals surface area contributed by atoms with Crippen molar-refractivity contribution >= 4 is 29.1 Å². The standard InChI is InChI=1S/C15H12Cl2FNO2/c16-12-2-1-3-13(18)11(12)8-19(9-4-5-9)15(20)10-6-7-21-14(10)17/h1-3,6-7,9H,4-5,8H2. The Morgan fingerprint density at radius 2 is 2.10 bits per heavy atom. The van der Waals surface area contributed by atoms with Crippen LogP contribution in [0.1, 0.15) is 28.8 Å². The lowest BCUT2D eigenvalue weighted by Crippen LogP contribution is -2.33. The third-order valence-electron chi connectivity index (χ3n) is 3.49. The number of nitrogens with zero attached hydrogens (tertiary/aromatic N) is 1. The molecule has 3 rings (SSSR count). The van der Waals surface area contributed by atoms with E-state index in [9.17, 15) is 9.18 Å². The van der Waals surface area contributed by atoms with Gasteiger partial charge in [-0.15, -0.1) is 0 Å². The summed E-state index contributed by atoms with van der Waals surface area (Å²) in [7, 11) is 0. The molecular weight excluding hydrogens is 316 g/mol. The van der Waals surface area contributed by atoms with Gasteiger partial charge in [0.2, 0.25) is 5.22 Å². The van der Waals surface area contributed by atoms with Crippen LogP contribution in [-0.2, 0) is 6.54 Å². The SMILES string of the molecule is O=C(c1ccoc1Cl)N(Cc1c(F)cccc1Cl)C1CC1. The Morgan fingerprint density at radius 1 is 1.33 bits per heavy atom. The second-order valence-electron chi connectivity index (χ2n) is 4.97. The Bertz CT molecular complexity index is 662. The largest absolute Gasteiger partial charge is 0.452 e. The first-order valence-corrected chi connectivity index (χ1v) is 7.30. The molecule has 0 bridgehead atoms. The van der Waals surface area contributed by atoms with E-state index in [1.807, 2.05) is 0 Å². The Morgan fingerprint density at radius 3 is 2.67 bits per heavy atom. The van der Waals surface area contributed by atoms with Crippen molar-refractivity contribution in [1.29, 1.82) is 0 Å². The molecule has 1 saturated carbocycles. The van der Waals surface area contributed by atoms with Gasteiger partial charge in [0.25, 0.3) is 5.91 Å². The lowest BCUT2D eigenvalue weighted by Gasteiger charge is -2.23. The summed E-state index contributed by atoms with van der Waals surface area (Å²) in [6, 6.07) is 6.10. The molecule has 21 heavy (non-hydrogen) atoms. The molecule has 1 heterocycles. The van der Waals surface area contributed by atoms with Gasteiger partial charge in [-0.05, 0) is 42.6 Å². The van der Waals surface area contributed by atoms with Crippen LogP contribution in [0.25, 0.3) is 0 Å². The van der Waals surface area contributed by atoms with Gasteiger partial charge in [0.1, 0.15) is 5.82 Å². The number of rotatable bonds is 4. The number of benzene rings is 1. The van der Waals surface area contributed by atoms with Crippen LogP contribution >= 0.6 is 23.2 Å². The maximum Gasteiger partial charge on any atom is 0.259 e. The van der Waals surface area contributed by atoms with E-state index in [1.54, 1.807) is 11.0 Å². The first-order valence-electron chi connectivity index (χ1n) is 6.55. The maximum absolute atomic E-state index is 13.9. The van der Waals surface area contributed by atoms with Gasteiger partial charge in [0.05, 0.1) is 18.4 Å². The number of hydrogen-bond acceptors (Lipinski definition) is 2. The highest BCUT2D eigenvalue weighted by atomic mass is 35.5. The number of carbonyl (C=O) groups excluding carboxylic acids is 1. The molecule has 0 atom stereocenters. The molecule has 1 amide bonds. The first kappa shape index (κ1) is 14.4. The van der Waals surface area contributed by atoms with Gasteiger partial charge >= 0.3 is 0 Å². The van der Waals surface area contributed by atoms with Crippen molar-refractivity contribution in [2.45, 2.75) is 25.4 Å². The second kappa shape index (κ2) is 5.70. The molecule has 6 heteroatoms. The monoisotopic (exact) mass is 327 g/mol. The van der Waals surface area contributed by atoms with E-state index >= 15 is 0 Å². The minimum atomic E-state index is -0.417. The van der Waals surface area contributed by atoms with Crippen LogP contribution in [0.15, 0.2) is 34.9 Å². The third kappa shape index (κ3) is 2.92. The predicted octanol–water partition coefficient (Wildman–Crippen LogP) is 4.53. The van der Waals surface area contributed by atoms with Crippen LogP contribution < -0.4 is 0 Å². The molecule has 1 aromatic carbocycles. The summed E-state index contributed by atoms with van der Waals surface area (Å²) >= 11 is 11.9. The molecule has 0 radical (unpaired) electrons. The molecular formula is C15H12Cl2FNO2. The molecule has 1 aromatic heterocycles. The van der Waals surface area contributed by atoms with Crippen LogP contribution in [0.3, 0.4) is 0 Å². The van der Waals surface area contributed by atoms with Crippen molar-refractivity contribution in [3.05, 3.63) is 57.7 Å². The van der Waals surface area contributed by atoms with Crippen LogP contribution in [0.2, 0.25) is 10.2 Å². The van der Waals surface area contributed by atoms with Gasteiger partial charge in [-0.3, -0.25) is 4.79 Å². The van der Waals surface area contributed by atoms with Crippen LogP contribution in [-0.4, -0.2) is 16.8 Å². The number of hydrogen-bond donors (Lipinski definition) is 0. The summed E-state index contributed by atoms with van der Waals surface area (Å²) in [5.41, 5.74) is 0.607. The van der Waals surface area contributed by atoms with Crippen molar-refractivity contribution in [2.24, 2.45) is 0 Å². The van der Waals surface area contributed by atoms with Gasteiger partial charge in [0.15, 0.2) is 0 Å². The summed E-state index contributed by atoms with van der Waals surface area (Å²) in [6.07, 6.45) is 3.15. The number of carbonyl (C=O) groups is 1. The van der Waals surface area contributed by atoms with Crippen molar-refractivity contribution in [3.8, 4) is 0 Å². The van der Waals surface area contributed by atoms with E-state index in [2.05, 4.69) is 0 Å². The molecule has 110 valence electrons. The first-order chi connectivity index (χ1) is 10.1. The van der Waals surface area contributed by atoms with Gasteiger partial charge in [-0.25, -0.2) is 4.39 Å². The van der Waals surface area contributed by atoms with Gasteiger partial charge in [-0.1, -0.05) is 17.7 Å². The molecule has 0 spiro atoms. The van der Waals surface area contributed by atoms with Gasteiger partial charge in [-0.2, -0.15) is 0 Å². The third-order valence-corrected chi connectivity index (χ3v) is 4.13. The summed E-state index contributed by atoms with van der Waals surface area (Å²) in [5, 5.41) is 0.358. The van der Waals surface area contributed by atoms with Crippen molar-refractivity contribution in [3.63, 3.8) is 0 Å². The zero-order chi connectivity index (χ0) is 15.0. The summed E-state index contributed by atoms with van der Waals surface area (Å²) < 4.78 is 18.9. The highest BCUT2D eigenvalue weighted by molar-refractivity contribution is 6.32. The second-order valence-corrected chi connectivity index (χ2v) is 5.72. The Labute approximate surface area is 131 Å². The maximum atomic E-state index is 13.9. The molecule has 1 fully saturated rings. The predicted molar refractivity (Wildman–Crippen MR) is 78.0 cm³/mol. The Balaban J connectivity index is 1.89. The Kier molecular flexibility index (Phi) is 3.91. The fourth-order valence-corrected chi connectivity index (χ4v) is 2.63. The minimum Gasteiger partial charge on any atom is -0.452 e.